The van der Waals surface area contributed by atoms with Crippen LogP contribution < -0.4 is 37.2 Å². The number of nitrogens with zero attached hydrogens (tertiary/aromatic N) is 6. The Morgan fingerprint density at radius 3 is 2.26 bits per heavy atom. The number of thiazole rings is 1. The van der Waals surface area contributed by atoms with Gasteiger partial charge in [0.2, 0.25) is 17.7 Å². The van der Waals surface area contributed by atoms with Gasteiger partial charge in [-0.3, -0.25) is 33.7 Å². The van der Waals surface area contributed by atoms with Gasteiger partial charge in [0.1, 0.15) is 24.5 Å². The van der Waals surface area contributed by atoms with Crippen LogP contribution in [0, 0.1) is 29.1 Å². The quantitative estimate of drug-likeness (QED) is 0.0140. The first-order valence-electron chi connectivity index (χ1n) is 34.0. The third kappa shape index (κ3) is 19.0. The van der Waals surface area contributed by atoms with Gasteiger partial charge < -0.3 is 51.4 Å². The van der Waals surface area contributed by atoms with Crippen molar-refractivity contribution in [1.29, 1.82) is 0 Å². The van der Waals surface area contributed by atoms with Gasteiger partial charge in [-0.2, -0.15) is 13.5 Å². The number of primary amides is 1. The Balaban J connectivity index is 0.756. The van der Waals surface area contributed by atoms with Crippen LogP contribution in [-0.2, 0) is 69.9 Å². The number of carboxylic acid groups (broad SMARTS) is 1. The number of carboxylic acids is 1. The molecule has 4 fully saturated rings. The Morgan fingerprint density at radius 2 is 1.56 bits per heavy atom. The number of carbonyl (C=O) groups excluding carboxylic acids is 6. The molecule has 4 saturated carbocycles. The highest BCUT2D eigenvalue weighted by molar-refractivity contribution is 7.94. The van der Waals surface area contributed by atoms with E-state index in [1.807, 2.05) is 59.0 Å². The van der Waals surface area contributed by atoms with E-state index < -0.39 is 91.7 Å². The van der Waals surface area contributed by atoms with E-state index in [4.69, 9.17) is 25.3 Å². The highest BCUT2D eigenvalue weighted by Crippen LogP contribution is 2.72. The molecule has 4 aliphatic carbocycles. The van der Waals surface area contributed by atoms with Crippen LogP contribution in [0.25, 0.3) is 21.3 Å². The van der Waals surface area contributed by atoms with Crippen LogP contribution in [0.4, 0.5) is 26.2 Å². The zero-order valence-electron chi connectivity index (χ0n) is 57.5. The molecular formula is C71H90N12O15S3. The number of para-hydroxylation sites is 1. The number of aromatic nitrogens is 4. The van der Waals surface area contributed by atoms with Crippen molar-refractivity contribution < 1.29 is 69.5 Å². The van der Waals surface area contributed by atoms with Crippen molar-refractivity contribution in [3.63, 3.8) is 0 Å². The smallest absolute Gasteiger partial charge is 0.410 e. The first-order valence-corrected chi connectivity index (χ1v) is 38.2. The summed E-state index contributed by atoms with van der Waals surface area (Å²) in [5.74, 6) is -3.90. The number of anilines is 3. The van der Waals surface area contributed by atoms with Gasteiger partial charge >= 0.3 is 18.1 Å². The Labute approximate surface area is 591 Å². The van der Waals surface area contributed by atoms with Crippen LogP contribution in [-0.4, -0.2) is 155 Å². The average molecular weight is 1450 g/mol. The number of carbonyl (C=O) groups is 7. The molecule has 7 amide bonds. The lowest BCUT2D eigenvalue weighted by molar-refractivity contribution is -0.248. The number of pyridine rings is 1. The van der Waals surface area contributed by atoms with Gasteiger partial charge in [-0.15, -0.1) is 0 Å². The Morgan fingerprint density at radius 1 is 0.822 bits per heavy atom. The molecule has 9 N–H and O–H groups in total. The van der Waals surface area contributed by atoms with E-state index in [1.165, 1.54) is 16.2 Å². The fourth-order valence-corrected chi connectivity index (χ4v) is 18.2. The number of nitrogens with one attached hydrogen (secondary N) is 5. The van der Waals surface area contributed by atoms with Crippen LogP contribution in [0.1, 0.15) is 148 Å². The monoisotopic (exact) mass is 1450 g/mol. The number of nitrogens with two attached hydrogens (primary N) is 1. The summed E-state index contributed by atoms with van der Waals surface area (Å²) in [5, 5.41) is 30.8. The number of unbranched alkanes of at least 4 members (excludes halogenated alkanes) is 2. The van der Waals surface area contributed by atoms with Crippen molar-refractivity contribution >= 4 is 99.9 Å². The number of urea groups is 1. The molecule has 3 aromatic heterocycles. The number of hydrogen-bond acceptors (Lipinski definition) is 18. The minimum absolute atomic E-state index is 0.0265. The maximum atomic E-state index is 13.9. The van der Waals surface area contributed by atoms with Gasteiger partial charge in [0.05, 0.1) is 40.1 Å². The molecule has 4 bridgehead atoms. The molecule has 101 heavy (non-hydrogen) atoms. The molecule has 3 aromatic carbocycles. The van der Waals surface area contributed by atoms with Gasteiger partial charge in [-0.1, -0.05) is 88.4 Å². The normalized spacial score (nSPS) is 20.5. The molecule has 4 heterocycles. The minimum atomic E-state index is -4.51. The zero-order valence-corrected chi connectivity index (χ0v) is 60.0. The van der Waals surface area contributed by atoms with Crippen molar-refractivity contribution in [3.05, 3.63) is 131 Å². The molecule has 5 aliphatic rings. The highest BCUT2D eigenvalue weighted by Gasteiger charge is 2.66. The number of benzene rings is 3. The molecule has 542 valence electrons. The third-order valence-electron chi connectivity index (χ3n) is 19.7. The second-order valence-corrected chi connectivity index (χ2v) is 33.3. The molecule has 0 saturated heterocycles. The van der Waals surface area contributed by atoms with Gasteiger partial charge in [0.25, 0.3) is 16.0 Å². The number of amides is 7. The summed E-state index contributed by atoms with van der Waals surface area (Å²) in [4.78, 5) is 105. The lowest BCUT2D eigenvalue weighted by Crippen LogP contribution is -2.64. The Bertz CT molecular complexity index is 4300. The molecule has 11 rings (SSSR count). The van der Waals surface area contributed by atoms with Crippen LogP contribution in [0.15, 0.2) is 97.0 Å². The van der Waals surface area contributed by atoms with Crippen LogP contribution >= 0.6 is 11.3 Å². The zero-order chi connectivity index (χ0) is 72.7. The molecule has 2 unspecified atom stereocenters. The predicted octanol–water partition coefficient (Wildman–Crippen LogP) is 9.17. The van der Waals surface area contributed by atoms with Gasteiger partial charge in [0, 0.05) is 79.2 Å². The summed E-state index contributed by atoms with van der Waals surface area (Å²) >= 11 is 1.40. The molecule has 0 spiro atoms. The third-order valence-corrected chi connectivity index (χ3v) is 22.7. The standard InChI is InChI=1S/C71H90N12O15S3/c1-7-100(92,93)33-12-8-9-20-58(84)79-59(45(2)3)63(87)76-55(18-14-28-73-65(72)90)62(86)75-49-23-21-47(22-24-49)37-97-67(91)81(31-34-101(94,95)96)30-32-98-71-41-68(5)38-69(6,42-71)40-70(39-68,43-71)44-83-46(4)52(35-74-83)50-25-26-57(78-60(50)64(88)89)82-29-27-48-15-13-16-51(53(48)36-82)61(85)80-66-77-54-17-10-11-19-56(54)99-66/h7,10-11,13,15-17,19,21-26,35,45,55,59H,1,8-9,12,14,18,20,27-34,36-44H2,2-6H3,(H,75,86)(H,76,87)(H,79,84)(H,88,89)(H3,72,73,90)(H,77,80,85)(H,94,95,96)/t55-,59-,68?,69?,70?,71?/m0/s1. The topological polar surface area (TPSA) is 383 Å². The maximum Gasteiger partial charge on any atom is 0.410 e. The van der Waals surface area contributed by atoms with E-state index >= 15 is 0 Å². The van der Waals surface area contributed by atoms with E-state index in [0.717, 1.165) is 64.5 Å². The number of ether oxygens (including phenoxy) is 2. The SMILES string of the molecule is C=CS(=O)(=O)CCCCCC(=O)N[C@H](C(=O)N[C@@H](CCCNC(N)=O)C(=O)Nc1ccc(COC(=O)N(CCOC23CC4(C)CC(C)(CC(Cn5ncc(-c6ccc(N7CCc8cccc(C(=O)Nc9nc%10ccccc%10s9)c8C7)nc6C(=O)O)c5C)(C4)C2)C3)CCS(=O)(=O)O)cc1)C(C)C. The summed E-state index contributed by atoms with van der Waals surface area (Å²) in [5.41, 5.74) is 9.79. The lowest BCUT2D eigenvalue weighted by Gasteiger charge is -2.69. The van der Waals surface area contributed by atoms with E-state index in [1.54, 1.807) is 56.4 Å². The molecule has 1 aliphatic heterocycles. The first kappa shape index (κ1) is 74.8. The second kappa shape index (κ2) is 31.2. The van der Waals surface area contributed by atoms with E-state index in [2.05, 4.69) is 52.0 Å². The Hall–Kier alpha value is -8.84. The second-order valence-electron chi connectivity index (χ2n) is 28.6. The van der Waals surface area contributed by atoms with Gasteiger partial charge in [-0.25, -0.2) is 32.8 Å². The molecule has 0 radical (unpaired) electrons. The van der Waals surface area contributed by atoms with E-state index in [9.17, 15) is 60.1 Å². The summed E-state index contributed by atoms with van der Waals surface area (Å²) in [7, 11) is -7.88. The number of fused-ring (bicyclic) bond motifs is 2. The summed E-state index contributed by atoms with van der Waals surface area (Å²) in [6.07, 6.45) is 7.96. The highest BCUT2D eigenvalue weighted by atomic mass is 32.2. The average Bonchev–Trinajstić information content (AvgIpc) is 1.48. The first-order chi connectivity index (χ1) is 47.8. The number of hydrogen-bond donors (Lipinski definition) is 8. The van der Waals surface area contributed by atoms with Crippen molar-refractivity contribution in [3.8, 4) is 11.1 Å². The predicted molar refractivity (Wildman–Crippen MR) is 382 cm³/mol. The fourth-order valence-electron chi connectivity index (χ4n) is 16.1. The van der Waals surface area contributed by atoms with E-state index in [0.29, 0.717) is 90.6 Å². The van der Waals surface area contributed by atoms with Crippen molar-refractivity contribution in [2.75, 3.05) is 59.8 Å². The maximum absolute atomic E-state index is 13.9. The number of aromatic carboxylic acids is 1. The van der Waals surface area contributed by atoms with Crippen LogP contribution in [0.5, 0.6) is 0 Å². The molecular weight excluding hydrogens is 1360 g/mol. The largest absolute Gasteiger partial charge is 0.476 e. The molecule has 6 aromatic rings. The number of rotatable bonds is 33. The van der Waals surface area contributed by atoms with Crippen LogP contribution in [0.3, 0.4) is 0 Å². The molecule has 27 nitrogen and oxygen atoms in total. The van der Waals surface area contributed by atoms with Crippen LogP contribution in [0.2, 0.25) is 0 Å². The number of sulfone groups is 1. The van der Waals surface area contributed by atoms with Gasteiger partial charge in [0.15, 0.2) is 20.7 Å². The Kier molecular flexibility index (Phi) is 23.1. The van der Waals surface area contributed by atoms with Crippen molar-refractivity contribution in [2.45, 2.75) is 155 Å². The summed E-state index contributed by atoms with van der Waals surface area (Å²) < 4.78 is 73.1. The minimum Gasteiger partial charge on any atom is -0.476 e. The lowest BCUT2D eigenvalue weighted by atomic mass is 9.39. The van der Waals surface area contributed by atoms with E-state index in [-0.39, 0.29) is 79.2 Å². The summed E-state index contributed by atoms with van der Waals surface area (Å²) in [6, 6.07) is 20.3. The molecule has 4 atom stereocenters. The van der Waals surface area contributed by atoms with Crippen molar-refractivity contribution in [1.82, 2.24) is 40.6 Å². The fraction of sp³-hybridized carbons (Fsp3) is 0.493. The summed E-state index contributed by atoms with van der Waals surface area (Å²) in [6.45, 7) is 14.1. The van der Waals surface area contributed by atoms with Crippen molar-refractivity contribution in [2.24, 2.45) is 27.9 Å². The molecule has 30 heteroatoms. The van der Waals surface area contributed by atoms with Gasteiger partial charge in [-0.05, 0) is 159 Å².